The van der Waals surface area contributed by atoms with Gasteiger partial charge in [-0.1, -0.05) is 6.92 Å². The van der Waals surface area contributed by atoms with E-state index in [0.29, 0.717) is 17.9 Å². The smallest absolute Gasteiger partial charge is 0.197 e. The van der Waals surface area contributed by atoms with Crippen LogP contribution >= 0.6 is 0 Å². The predicted molar refractivity (Wildman–Crippen MR) is 86.4 cm³/mol. The lowest BCUT2D eigenvalue weighted by atomic mass is 9.96. The molecule has 128 valence electrons. The molecule has 0 radical (unpaired) electrons. The summed E-state index contributed by atoms with van der Waals surface area (Å²) in [6, 6.07) is 3.08. The molecule has 2 aliphatic heterocycles. The van der Waals surface area contributed by atoms with Gasteiger partial charge in [-0.15, -0.1) is 0 Å². The Bertz CT molecular complexity index is 570. The first-order valence-electron chi connectivity index (χ1n) is 8.41. The number of aliphatic hydroxyl groups is 1. The molecule has 0 aliphatic carbocycles. The van der Waals surface area contributed by atoms with Gasteiger partial charge in [0.2, 0.25) is 0 Å². The summed E-state index contributed by atoms with van der Waals surface area (Å²) in [6.45, 7) is 9.09. The maximum atomic E-state index is 14.3. The largest absolute Gasteiger partial charge is 0.483 e. The van der Waals surface area contributed by atoms with Crippen molar-refractivity contribution in [2.45, 2.75) is 45.3 Å². The fourth-order valence-electron chi connectivity index (χ4n) is 3.35. The summed E-state index contributed by atoms with van der Waals surface area (Å²) in [5.74, 6) is 0.0830. The molecule has 0 spiro atoms. The van der Waals surface area contributed by atoms with Crippen LogP contribution in [0.3, 0.4) is 0 Å². The molecule has 2 atom stereocenters. The van der Waals surface area contributed by atoms with Crippen LogP contribution in [0.5, 0.6) is 11.5 Å². The molecule has 23 heavy (non-hydrogen) atoms. The fraction of sp³-hybridized carbons (Fsp3) is 0.667. The zero-order valence-corrected chi connectivity index (χ0v) is 14.1. The molecular formula is C18H26FNO3. The van der Waals surface area contributed by atoms with E-state index in [-0.39, 0.29) is 11.7 Å². The third kappa shape index (κ3) is 3.61. The van der Waals surface area contributed by atoms with Gasteiger partial charge in [0.25, 0.3) is 0 Å². The average Bonchev–Trinajstić information content (AvgIpc) is 2.97. The number of ether oxygens (including phenoxy) is 2. The van der Waals surface area contributed by atoms with Crippen molar-refractivity contribution >= 4 is 0 Å². The molecule has 1 fully saturated rings. The van der Waals surface area contributed by atoms with Crippen LogP contribution in [0.4, 0.5) is 4.39 Å². The van der Waals surface area contributed by atoms with Crippen LogP contribution in [0.15, 0.2) is 12.1 Å². The van der Waals surface area contributed by atoms with Gasteiger partial charge in [-0.05, 0) is 63.4 Å². The van der Waals surface area contributed by atoms with E-state index in [9.17, 15) is 9.50 Å². The van der Waals surface area contributed by atoms with Crippen molar-refractivity contribution in [1.29, 1.82) is 0 Å². The molecule has 1 N–H and O–H groups in total. The first-order chi connectivity index (χ1) is 10.9. The summed E-state index contributed by atoms with van der Waals surface area (Å²) in [6.07, 6.45) is 1.72. The lowest BCUT2D eigenvalue weighted by Gasteiger charge is -2.33. The molecule has 1 saturated heterocycles. The third-order valence-electron chi connectivity index (χ3n) is 4.61. The van der Waals surface area contributed by atoms with Gasteiger partial charge >= 0.3 is 0 Å². The molecule has 0 amide bonds. The summed E-state index contributed by atoms with van der Waals surface area (Å²) in [4.78, 5) is 2.35. The number of benzene rings is 1. The molecule has 1 aromatic carbocycles. The van der Waals surface area contributed by atoms with E-state index in [1.807, 2.05) is 20.8 Å². The maximum absolute atomic E-state index is 14.3. The predicted octanol–water partition coefficient (Wildman–Crippen LogP) is 3.14. The van der Waals surface area contributed by atoms with E-state index < -0.39 is 17.5 Å². The molecular weight excluding hydrogens is 297 g/mol. The molecule has 4 nitrogen and oxygen atoms in total. The van der Waals surface area contributed by atoms with Crippen molar-refractivity contribution in [3.8, 4) is 11.5 Å². The second kappa shape index (κ2) is 6.29. The van der Waals surface area contributed by atoms with Gasteiger partial charge in [-0.2, -0.15) is 0 Å². The van der Waals surface area contributed by atoms with Gasteiger partial charge in [0.1, 0.15) is 12.2 Å². The van der Waals surface area contributed by atoms with Gasteiger partial charge < -0.3 is 19.5 Å². The second-order valence-corrected chi connectivity index (χ2v) is 7.41. The first kappa shape index (κ1) is 16.5. The average molecular weight is 323 g/mol. The summed E-state index contributed by atoms with van der Waals surface area (Å²) in [5, 5.41) is 10.6. The number of nitrogens with zero attached hydrogens (tertiary/aromatic N) is 1. The number of halogens is 1. The quantitative estimate of drug-likeness (QED) is 0.924. The van der Waals surface area contributed by atoms with Crippen LogP contribution in [-0.2, 0) is 0 Å². The highest BCUT2D eigenvalue weighted by molar-refractivity contribution is 5.46. The van der Waals surface area contributed by atoms with Crippen molar-refractivity contribution in [3.63, 3.8) is 0 Å². The molecule has 2 heterocycles. The van der Waals surface area contributed by atoms with Gasteiger partial charge in [0.05, 0.1) is 6.10 Å². The fourth-order valence-corrected chi connectivity index (χ4v) is 3.35. The van der Waals surface area contributed by atoms with Crippen LogP contribution in [0.2, 0.25) is 0 Å². The second-order valence-electron chi connectivity index (χ2n) is 7.41. The Balaban J connectivity index is 1.78. The highest BCUT2D eigenvalue weighted by Gasteiger charge is 2.32. The van der Waals surface area contributed by atoms with Gasteiger partial charge in [0.15, 0.2) is 17.3 Å². The van der Waals surface area contributed by atoms with Crippen molar-refractivity contribution < 1.29 is 19.0 Å². The molecule has 1 aromatic rings. The summed E-state index contributed by atoms with van der Waals surface area (Å²) >= 11 is 0. The summed E-state index contributed by atoms with van der Waals surface area (Å²) in [5.41, 5.74) is 0.0544. The molecule has 2 aliphatic rings. The monoisotopic (exact) mass is 323 g/mol. The number of hydrogen-bond acceptors (Lipinski definition) is 4. The Kier molecular flexibility index (Phi) is 4.52. The van der Waals surface area contributed by atoms with Gasteiger partial charge in [-0.3, -0.25) is 0 Å². The normalized spacial score (nSPS) is 22.8. The van der Waals surface area contributed by atoms with Crippen LogP contribution in [-0.4, -0.2) is 41.8 Å². The SMILES string of the molecule is C[C@H](CN1CCCC1)[C@H](O)c1cc(F)c2c(c1)OC(C)(C)CO2. The van der Waals surface area contributed by atoms with Crippen LogP contribution in [0.25, 0.3) is 0 Å². The highest BCUT2D eigenvalue weighted by atomic mass is 19.1. The zero-order valence-electron chi connectivity index (χ0n) is 14.1. The lowest BCUT2D eigenvalue weighted by Crippen LogP contribution is -2.39. The Morgan fingerprint density at radius 2 is 2.00 bits per heavy atom. The van der Waals surface area contributed by atoms with Crippen molar-refractivity contribution in [2.24, 2.45) is 5.92 Å². The van der Waals surface area contributed by atoms with Crippen molar-refractivity contribution in [1.82, 2.24) is 4.90 Å². The van der Waals surface area contributed by atoms with E-state index in [1.165, 1.54) is 18.9 Å². The zero-order chi connectivity index (χ0) is 16.6. The number of aliphatic hydroxyl groups excluding tert-OH is 1. The Labute approximate surface area is 137 Å². The minimum Gasteiger partial charge on any atom is -0.483 e. The lowest BCUT2D eigenvalue weighted by molar-refractivity contribution is 0.0175. The molecule has 0 bridgehead atoms. The molecule has 5 heteroatoms. The minimum absolute atomic E-state index is 0.0306. The summed E-state index contributed by atoms with van der Waals surface area (Å²) in [7, 11) is 0. The topological polar surface area (TPSA) is 41.9 Å². The third-order valence-corrected chi connectivity index (χ3v) is 4.61. The van der Waals surface area contributed by atoms with Gasteiger partial charge in [0, 0.05) is 6.54 Å². The Hall–Kier alpha value is -1.33. The number of fused-ring (bicyclic) bond motifs is 1. The highest BCUT2D eigenvalue weighted by Crippen LogP contribution is 2.40. The molecule has 3 rings (SSSR count). The van der Waals surface area contributed by atoms with E-state index in [2.05, 4.69) is 4.90 Å². The van der Waals surface area contributed by atoms with Crippen LogP contribution in [0.1, 0.15) is 45.3 Å². The molecule has 0 saturated carbocycles. The summed E-state index contributed by atoms with van der Waals surface area (Å²) < 4.78 is 25.6. The van der Waals surface area contributed by atoms with E-state index in [4.69, 9.17) is 9.47 Å². The van der Waals surface area contributed by atoms with Gasteiger partial charge in [-0.25, -0.2) is 4.39 Å². The van der Waals surface area contributed by atoms with E-state index >= 15 is 0 Å². The van der Waals surface area contributed by atoms with Crippen molar-refractivity contribution in [2.75, 3.05) is 26.2 Å². The Morgan fingerprint density at radius 3 is 2.70 bits per heavy atom. The number of hydrogen-bond donors (Lipinski definition) is 1. The number of rotatable bonds is 4. The van der Waals surface area contributed by atoms with E-state index in [0.717, 1.165) is 19.6 Å². The first-order valence-corrected chi connectivity index (χ1v) is 8.41. The van der Waals surface area contributed by atoms with Crippen molar-refractivity contribution in [3.05, 3.63) is 23.5 Å². The maximum Gasteiger partial charge on any atom is 0.197 e. The standard InChI is InChI=1S/C18H26FNO3/c1-12(10-20-6-4-5-7-20)16(21)13-8-14(19)17-15(9-13)23-18(2,3)11-22-17/h8-9,12,16,21H,4-7,10-11H2,1-3H3/t12-,16+/m1/s1. The van der Waals surface area contributed by atoms with Crippen LogP contribution < -0.4 is 9.47 Å². The Morgan fingerprint density at radius 1 is 1.30 bits per heavy atom. The minimum atomic E-state index is -0.718. The number of likely N-dealkylation sites (tertiary alicyclic amines) is 1. The van der Waals surface area contributed by atoms with Crippen LogP contribution in [0, 0.1) is 11.7 Å². The molecule has 0 aromatic heterocycles. The van der Waals surface area contributed by atoms with E-state index in [1.54, 1.807) is 6.07 Å². The molecule has 0 unspecified atom stereocenters.